The van der Waals surface area contributed by atoms with Crippen molar-refractivity contribution in [2.45, 2.75) is 4.90 Å². The molecular weight excluding hydrogens is 489 g/mol. The Morgan fingerprint density at radius 2 is 1.74 bits per heavy atom. The summed E-state index contributed by atoms with van der Waals surface area (Å²) in [7, 11) is -7.80. The van der Waals surface area contributed by atoms with Gasteiger partial charge in [0.15, 0.2) is 0 Å². The molecule has 0 aliphatic rings. The molecule has 108 valence electrons. The van der Waals surface area contributed by atoms with Crippen LogP contribution in [0, 0.1) is 0 Å². The van der Waals surface area contributed by atoms with Crippen LogP contribution in [0.5, 0.6) is 0 Å². The lowest BCUT2D eigenvalue weighted by molar-refractivity contribution is 0.590. The first-order valence-corrected chi connectivity index (χ1v) is 11.8. The van der Waals surface area contributed by atoms with E-state index in [1.807, 2.05) is 0 Å². The second-order valence-corrected chi connectivity index (χ2v) is 11.2. The van der Waals surface area contributed by atoms with Crippen molar-refractivity contribution >= 4 is 76.0 Å². The van der Waals surface area contributed by atoms with Crippen molar-refractivity contribution in [1.82, 2.24) is 0 Å². The average molecular weight is 500 g/mol. The molecule has 0 bridgehead atoms. The summed E-state index contributed by atoms with van der Waals surface area (Å²) >= 11 is 7.06. The molecule has 0 aliphatic heterocycles. The number of alkyl halides is 1. The normalized spacial score (nSPS) is 12.4. The fraction of sp³-hybridized carbons (Fsp3) is 0.333. The molecule has 0 unspecified atom stereocenters. The maximum absolute atomic E-state index is 11.6. The highest BCUT2D eigenvalue weighted by Crippen LogP contribution is 2.33. The van der Waals surface area contributed by atoms with Gasteiger partial charge in [0.25, 0.3) is 0 Å². The molecule has 19 heavy (non-hydrogen) atoms. The van der Waals surface area contributed by atoms with Gasteiger partial charge in [0.2, 0.25) is 20.0 Å². The Hall–Kier alpha value is 0.480. The number of nitrogens with zero attached hydrogens (tertiary/aromatic N) is 1. The molecule has 0 amide bonds. The van der Waals surface area contributed by atoms with Crippen LogP contribution in [0.3, 0.4) is 0 Å². The Bertz CT molecular complexity index is 643. The van der Waals surface area contributed by atoms with E-state index >= 15 is 0 Å². The third-order valence-corrected chi connectivity index (χ3v) is 7.82. The first-order valence-electron chi connectivity index (χ1n) is 4.76. The molecule has 0 radical (unpaired) electrons. The summed E-state index contributed by atoms with van der Waals surface area (Å²) in [5.41, 5.74) is 0.0923. The molecule has 0 aromatic heterocycles. The molecule has 5 nitrogen and oxygen atoms in total. The lowest BCUT2D eigenvalue weighted by Crippen LogP contribution is -2.35. The van der Waals surface area contributed by atoms with E-state index in [-0.39, 0.29) is 5.69 Å². The van der Waals surface area contributed by atoms with E-state index in [2.05, 4.69) is 38.5 Å². The van der Waals surface area contributed by atoms with Gasteiger partial charge in [-0.25, -0.2) is 16.8 Å². The summed E-state index contributed by atoms with van der Waals surface area (Å²) in [6.45, 7) is 0. The van der Waals surface area contributed by atoms with Crippen molar-refractivity contribution < 1.29 is 16.8 Å². The fourth-order valence-corrected chi connectivity index (χ4v) is 6.56. The minimum atomic E-state index is -3.90. The van der Waals surface area contributed by atoms with Crippen LogP contribution < -0.4 is 3.71 Å². The zero-order valence-electron chi connectivity index (χ0n) is 10.0. The molecule has 1 rings (SSSR count). The fourth-order valence-electron chi connectivity index (χ4n) is 1.41. The molecular formula is C9H11BrINO4S3. The van der Waals surface area contributed by atoms with E-state index < -0.39 is 20.0 Å². The van der Waals surface area contributed by atoms with E-state index in [1.165, 1.54) is 12.1 Å². The van der Waals surface area contributed by atoms with Gasteiger partial charge in [-0.05, 0) is 34.1 Å². The van der Waals surface area contributed by atoms with Gasteiger partial charge in [-0.3, -0.25) is 0 Å². The lowest BCUT2D eigenvalue weighted by atomic mass is 10.3. The number of rotatable bonds is 5. The van der Waals surface area contributed by atoms with Gasteiger partial charge in [0, 0.05) is 9.37 Å². The smallest absolute Gasteiger partial charge is 0.206 e. The highest BCUT2D eigenvalue weighted by molar-refractivity contribution is 14.1. The van der Waals surface area contributed by atoms with Gasteiger partial charge >= 0.3 is 0 Å². The number of thioether (sulfide) groups is 1. The Morgan fingerprint density at radius 1 is 1.21 bits per heavy atom. The number of sulfonamides is 2. The average Bonchev–Trinajstić information content (AvgIpc) is 2.18. The molecule has 0 heterocycles. The summed E-state index contributed by atoms with van der Waals surface area (Å²) < 4.78 is 48.4. The molecule has 0 saturated heterocycles. The van der Waals surface area contributed by atoms with Crippen LogP contribution in [0.2, 0.25) is 0 Å². The van der Waals surface area contributed by atoms with Crippen LogP contribution in [-0.4, -0.2) is 33.1 Å². The number of anilines is 1. The second kappa shape index (κ2) is 6.50. The lowest BCUT2D eigenvalue weighted by Gasteiger charge is -2.20. The van der Waals surface area contributed by atoms with Crippen LogP contribution in [-0.2, 0) is 20.0 Å². The molecule has 1 aromatic carbocycles. The number of hydrogen-bond donors (Lipinski definition) is 0. The third-order valence-electron chi connectivity index (χ3n) is 1.94. The van der Waals surface area contributed by atoms with Crippen LogP contribution >= 0.6 is 50.3 Å². The number of hydrogen-bond acceptors (Lipinski definition) is 5. The van der Waals surface area contributed by atoms with E-state index in [9.17, 15) is 16.8 Å². The largest absolute Gasteiger partial charge is 0.245 e. The molecule has 0 N–H and O–H groups in total. The number of halogens is 2. The van der Waals surface area contributed by atoms with Gasteiger partial charge in [-0.15, -0.1) is 11.8 Å². The van der Waals surface area contributed by atoms with Gasteiger partial charge in [-0.1, -0.05) is 22.6 Å². The quantitative estimate of drug-likeness (QED) is 0.354. The summed E-state index contributed by atoms with van der Waals surface area (Å²) in [4.78, 5) is 0.917. The Kier molecular flexibility index (Phi) is 6.00. The SMILES string of the molecule is CS(=O)(=O)N(c1ccc(SCI)c(Br)c1)S(C)(=O)=O. The van der Waals surface area contributed by atoms with Gasteiger partial charge in [-0.2, -0.15) is 3.71 Å². The van der Waals surface area contributed by atoms with Crippen LogP contribution in [0.25, 0.3) is 0 Å². The molecule has 0 aliphatic carbocycles. The predicted octanol–water partition coefficient (Wildman–Crippen LogP) is 2.66. The molecule has 0 fully saturated rings. The summed E-state index contributed by atoms with van der Waals surface area (Å²) in [6.07, 6.45) is 1.71. The van der Waals surface area contributed by atoms with Crippen molar-refractivity contribution in [2.75, 3.05) is 20.0 Å². The van der Waals surface area contributed by atoms with E-state index in [1.54, 1.807) is 17.8 Å². The molecule has 0 atom stereocenters. The molecule has 0 spiro atoms. The van der Waals surface area contributed by atoms with Crippen LogP contribution in [0.4, 0.5) is 5.69 Å². The summed E-state index contributed by atoms with van der Waals surface area (Å²) in [6, 6.07) is 4.64. The maximum atomic E-state index is 11.6. The Morgan fingerprint density at radius 3 is 2.11 bits per heavy atom. The standard InChI is InChI=1S/C9H11BrINO4S3/c1-18(13,14)12(19(2,15)16)7-3-4-9(17-6-11)8(10)5-7/h3-5H,6H2,1-2H3. The van der Waals surface area contributed by atoms with E-state index in [4.69, 9.17) is 0 Å². The van der Waals surface area contributed by atoms with Crippen molar-refractivity contribution in [3.05, 3.63) is 22.7 Å². The Labute approximate surface area is 139 Å². The predicted molar refractivity (Wildman–Crippen MR) is 91.1 cm³/mol. The topological polar surface area (TPSA) is 71.5 Å². The zero-order valence-corrected chi connectivity index (χ0v) is 16.2. The Balaban J connectivity index is 3.39. The van der Waals surface area contributed by atoms with E-state index in [0.29, 0.717) is 8.18 Å². The number of benzene rings is 1. The van der Waals surface area contributed by atoms with Crippen molar-refractivity contribution in [3.8, 4) is 0 Å². The maximum Gasteiger partial charge on any atom is 0.245 e. The monoisotopic (exact) mass is 499 g/mol. The minimum absolute atomic E-state index is 0.0923. The van der Waals surface area contributed by atoms with Gasteiger partial charge in [0.1, 0.15) is 0 Å². The highest BCUT2D eigenvalue weighted by Gasteiger charge is 2.27. The highest BCUT2D eigenvalue weighted by atomic mass is 127. The minimum Gasteiger partial charge on any atom is -0.206 e. The first-order chi connectivity index (χ1) is 8.57. The second-order valence-electron chi connectivity index (χ2n) is 3.59. The summed E-state index contributed by atoms with van der Waals surface area (Å²) in [5, 5.41) is 0. The molecule has 0 saturated carbocycles. The molecule has 1 aromatic rings. The zero-order chi connectivity index (χ0) is 14.8. The van der Waals surface area contributed by atoms with Crippen molar-refractivity contribution in [1.29, 1.82) is 0 Å². The van der Waals surface area contributed by atoms with Crippen molar-refractivity contribution in [2.24, 2.45) is 0 Å². The van der Waals surface area contributed by atoms with Gasteiger partial charge in [0.05, 0.1) is 22.0 Å². The molecule has 10 heteroatoms. The van der Waals surface area contributed by atoms with Gasteiger partial charge < -0.3 is 0 Å². The van der Waals surface area contributed by atoms with Crippen molar-refractivity contribution in [3.63, 3.8) is 0 Å². The summed E-state index contributed by atoms with van der Waals surface area (Å²) in [5.74, 6) is 0. The third kappa shape index (κ3) is 4.76. The van der Waals surface area contributed by atoms with Crippen LogP contribution in [0.15, 0.2) is 27.6 Å². The van der Waals surface area contributed by atoms with Crippen LogP contribution in [0.1, 0.15) is 0 Å². The first kappa shape index (κ1) is 17.5. The van der Waals surface area contributed by atoms with E-state index in [0.717, 1.165) is 21.2 Å².